The van der Waals surface area contributed by atoms with Crippen LogP contribution in [0.2, 0.25) is 0 Å². The zero-order valence-corrected chi connectivity index (χ0v) is 43.2. The molecule has 0 heterocycles. The summed E-state index contributed by atoms with van der Waals surface area (Å²) >= 11 is 0. The largest absolute Gasteiger partial charge is 0.462 e. The van der Waals surface area contributed by atoms with Crippen molar-refractivity contribution in [3.63, 3.8) is 0 Å². The summed E-state index contributed by atoms with van der Waals surface area (Å²) in [6.07, 6.45) is 41.9. The summed E-state index contributed by atoms with van der Waals surface area (Å²) in [5, 5.41) is 0. The predicted octanol–water partition coefficient (Wildman–Crippen LogP) is 16.8. The minimum Gasteiger partial charge on any atom is -0.462 e. The van der Waals surface area contributed by atoms with Gasteiger partial charge in [-0.1, -0.05) is 157 Å². The highest BCUT2D eigenvalue weighted by Gasteiger charge is 2.59. The highest BCUT2D eigenvalue weighted by molar-refractivity contribution is 5.69. The second-order valence-electron chi connectivity index (χ2n) is 23.0. The molecule has 9 atom stereocenters. The molecule has 0 aromatic carbocycles. The van der Waals surface area contributed by atoms with E-state index < -0.39 is 0 Å². The summed E-state index contributed by atoms with van der Waals surface area (Å²) in [6, 6.07) is 0. The first-order valence-electron chi connectivity index (χ1n) is 28.3. The average molecular weight is 880 g/mol. The lowest BCUT2D eigenvalue weighted by molar-refractivity contribution is -0.152. The maximum atomic E-state index is 13.1. The fraction of sp³-hybridized carbons (Fsp3) is 0.931. The lowest BCUT2D eigenvalue weighted by atomic mass is 9.47. The van der Waals surface area contributed by atoms with E-state index in [1.54, 1.807) is 5.57 Å². The van der Waals surface area contributed by atoms with E-state index in [1.807, 2.05) is 0 Å². The number of carbonyl (C=O) groups is 2. The zero-order chi connectivity index (χ0) is 45.5. The van der Waals surface area contributed by atoms with Crippen LogP contribution in [-0.2, 0) is 19.1 Å². The Kier molecular flexibility index (Phi) is 25.3. The molecule has 0 bridgehead atoms. The number of ether oxygens (including phenoxy) is 2. The smallest absolute Gasteiger partial charge is 0.306 e. The minimum atomic E-state index is 0.0282. The Labute approximate surface area is 391 Å². The summed E-state index contributed by atoms with van der Waals surface area (Å²) in [5.74, 6) is 5.21. The van der Waals surface area contributed by atoms with Gasteiger partial charge in [0.25, 0.3) is 0 Å². The van der Waals surface area contributed by atoms with Crippen molar-refractivity contribution < 1.29 is 19.1 Å². The second-order valence-corrected chi connectivity index (χ2v) is 23.0. The van der Waals surface area contributed by atoms with Gasteiger partial charge < -0.3 is 14.4 Å². The van der Waals surface area contributed by atoms with Gasteiger partial charge in [-0.25, -0.2) is 0 Å². The maximum absolute atomic E-state index is 13.1. The van der Waals surface area contributed by atoms with Crippen molar-refractivity contribution in [1.29, 1.82) is 0 Å². The number of fused-ring (bicyclic) bond motifs is 5. The van der Waals surface area contributed by atoms with Crippen LogP contribution in [-0.4, -0.2) is 48.7 Å². The van der Waals surface area contributed by atoms with Crippen molar-refractivity contribution in [1.82, 2.24) is 4.90 Å². The molecule has 0 aromatic rings. The predicted molar refractivity (Wildman–Crippen MR) is 268 cm³/mol. The van der Waals surface area contributed by atoms with E-state index in [2.05, 4.69) is 66.4 Å². The fourth-order valence-corrected chi connectivity index (χ4v) is 13.8. The molecule has 3 fully saturated rings. The molecule has 4 rings (SSSR count). The van der Waals surface area contributed by atoms with E-state index in [9.17, 15) is 9.59 Å². The Morgan fingerprint density at radius 2 is 1.25 bits per heavy atom. The molecule has 0 saturated heterocycles. The number of rotatable bonds is 34. The number of unbranched alkanes of at least 4 members (excludes halogenated alkanes) is 13. The van der Waals surface area contributed by atoms with Crippen molar-refractivity contribution in [3.05, 3.63) is 11.6 Å². The number of hydrogen-bond donors (Lipinski definition) is 0. The van der Waals surface area contributed by atoms with Crippen LogP contribution >= 0.6 is 0 Å². The molecule has 3 saturated carbocycles. The average Bonchev–Trinajstić information content (AvgIpc) is 3.61. The van der Waals surface area contributed by atoms with Gasteiger partial charge in [0, 0.05) is 19.3 Å². The summed E-state index contributed by atoms with van der Waals surface area (Å²) < 4.78 is 12.3. The lowest BCUT2D eigenvalue weighted by Gasteiger charge is -2.58. The molecule has 0 aromatic heterocycles. The van der Waals surface area contributed by atoms with E-state index in [4.69, 9.17) is 9.47 Å². The van der Waals surface area contributed by atoms with Gasteiger partial charge in [-0.15, -0.1) is 0 Å². The number of allylic oxidation sites excluding steroid dienone is 1. The van der Waals surface area contributed by atoms with E-state index in [1.165, 1.54) is 141 Å². The Bertz CT molecular complexity index is 1290. The normalized spacial score (nSPS) is 27.7. The molecule has 5 heteroatoms. The Hall–Kier alpha value is -1.36. The van der Waals surface area contributed by atoms with Crippen LogP contribution in [0.3, 0.4) is 0 Å². The SMILES string of the molecule is CCCCCCCCC(CCCCCC)OC(=O)CCCCCCN(CCC)CCCCCC(=O)OC1CCC2(C)C(=CCC3C2CCC2(C)C(C(C)CCCC(C)C)CCC32)C1. The Balaban J connectivity index is 1.07. The quantitative estimate of drug-likeness (QED) is 0.0366. The summed E-state index contributed by atoms with van der Waals surface area (Å²) in [5.41, 5.74) is 2.46. The fourth-order valence-electron chi connectivity index (χ4n) is 13.8. The molecular weight excluding hydrogens is 775 g/mol. The van der Waals surface area contributed by atoms with E-state index >= 15 is 0 Å². The highest BCUT2D eigenvalue weighted by Crippen LogP contribution is 2.67. The van der Waals surface area contributed by atoms with Gasteiger partial charge in [-0.3, -0.25) is 9.59 Å². The van der Waals surface area contributed by atoms with Crippen LogP contribution in [0.15, 0.2) is 11.6 Å². The van der Waals surface area contributed by atoms with Crippen molar-refractivity contribution in [2.45, 2.75) is 279 Å². The topological polar surface area (TPSA) is 55.8 Å². The molecule has 366 valence electrons. The van der Waals surface area contributed by atoms with Gasteiger partial charge in [-0.2, -0.15) is 0 Å². The number of nitrogens with zero attached hydrogens (tertiary/aromatic N) is 1. The first-order valence-corrected chi connectivity index (χ1v) is 28.3. The summed E-state index contributed by atoms with van der Waals surface area (Å²) in [7, 11) is 0. The maximum Gasteiger partial charge on any atom is 0.306 e. The first kappa shape index (κ1) is 54.2. The van der Waals surface area contributed by atoms with Crippen LogP contribution in [0.25, 0.3) is 0 Å². The van der Waals surface area contributed by atoms with Crippen LogP contribution in [0.4, 0.5) is 0 Å². The molecule has 4 aliphatic rings. The molecule has 63 heavy (non-hydrogen) atoms. The lowest BCUT2D eigenvalue weighted by Crippen LogP contribution is -2.51. The van der Waals surface area contributed by atoms with Crippen molar-refractivity contribution in [2.75, 3.05) is 19.6 Å². The second kappa shape index (κ2) is 29.4. The van der Waals surface area contributed by atoms with Gasteiger partial charge in [0.05, 0.1) is 0 Å². The van der Waals surface area contributed by atoms with E-state index in [0.29, 0.717) is 23.7 Å². The van der Waals surface area contributed by atoms with Crippen molar-refractivity contribution in [2.24, 2.45) is 46.3 Å². The third-order valence-electron chi connectivity index (χ3n) is 17.6. The zero-order valence-electron chi connectivity index (χ0n) is 43.2. The number of hydrogen-bond acceptors (Lipinski definition) is 5. The Morgan fingerprint density at radius 1 is 0.635 bits per heavy atom. The molecule has 0 radical (unpaired) electrons. The molecule has 5 nitrogen and oxygen atoms in total. The third kappa shape index (κ3) is 17.7. The standard InChI is InChI=1S/C58H105NO4/c1-9-12-14-16-17-22-31-49(30-21-15-13-10-2)62-55(60)32-23-18-19-25-43-59(42-11-3)44-26-20-24-33-56(61)63-50-38-40-57(7)48(45-50)34-35-51-53-37-36-52(47(6)29-27-28-46(4)5)58(53,8)41-39-54(51)57/h34,46-47,49-54H,9-33,35-45H2,1-8H3. The number of esters is 2. The van der Waals surface area contributed by atoms with Crippen LogP contribution in [0, 0.1) is 46.3 Å². The summed E-state index contributed by atoms with van der Waals surface area (Å²) in [4.78, 5) is 28.5. The molecule has 0 spiro atoms. The van der Waals surface area contributed by atoms with Gasteiger partial charge in [0.2, 0.25) is 0 Å². The third-order valence-corrected chi connectivity index (χ3v) is 17.6. The van der Waals surface area contributed by atoms with Crippen LogP contribution in [0.1, 0.15) is 267 Å². The molecule has 0 amide bonds. The van der Waals surface area contributed by atoms with Crippen molar-refractivity contribution in [3.8, 4) is 0 Å². The van der Waals surface area contributed by atoms with Crippen LogP contribution < -0.4 is 0 Å². The van der Waals surface area contributed by atoms with Crippen molar-refractivity contribution >= 4 is 11.9 Å². The van der Waals surface area contributed by atoms with E-state index in [0.717, 1.165) is 113 Å². The Morgan fingerprint density at radius 3 is 1.94 bits per heavy atom. The summed E-state index contributed by atoms with van der Waals surface area (Å²) in [6.45, 7) is 22.8. The molecule has 4 aliphatic carbocycles. The molecular formula is C58H105NO4. The first-order chi connectivity index (χ1) is 30.4. The van der Waals surface area contributed by atoms with Gasteiger partial charge in [-0.05, 0) is 169 Å². The molecule has 0 aliphatic heterocycles. The number of carbonyl (C=O) groups excluding carboxylic acids is 2. The highest BCUT2D eigenvalue weighted by atomic mass is 16.5. The van der Waals surface area contributed by atoms with Gasteiger partial charge >= 0.3 is 11.9 Å². The van der Waals surface area contributed by atoms with E-state index in [-0.39, 0.29) is 24.1 Å². The van der Waals surface area contributed by atoms with Gasteiger partial charge in [0.15, 0.2) is 0 Å². The molecule has 9 unspecified atom stereocenters. The van der Waals surface area contributed by atoms with Gasteiger partial charge in [0.1, 0.15) is 12.2 Å². The van der Waals surface area contributed by atoms with Crippen LogP contribution in [0.5, 0.6) is 0 Å². The molecule has 0 N–H and O–H groups in total. The monoisotopic (exact) mass is 880 g/mol. The minimum absolute atomic E-state index is 0.0282.